The van der Waals surface area contributed by atoms with Crippen LogP contribution in [0, 0.1) is 0 Å². The van der Waals surface area contributed by atoms with Gasteiger partial charge in [0, 0.05) is 25.3 Å². The molecule has 2 rings (SSSR count). The molecule has 1 aromatic rings. The Hall–Kier alpha value is -1.66. The number of amides is 1. The Bertz CT molecular complexity index is 534. The summed E-state index contributed by atoms with van der Waals surface area (Å²) in [4.78, 5) is 25.7. The first-order valence-corrected chi connectivity index (χ1v) is 7.91. The molecule has 1 aliphatic carbocycles. The predicted octanol–water partition coefficient (Wildman–Crippen LogP) is 2.22. The molecule has 21 heavy (non-hydrogen) atoms. The van der Waals surface area contributed by atoms with Crippen LogP contribution in [0.3, 0.4) is 0 Å². The van der Waals surface area contributed by atoms with Crippen LogP contribution in [0.1, 0.15) is 40.9 Å². The van der Waals surface area contributed by atoms with Gasteiger partial charge in [-0.3, -0.25) is 4.79 Å². The third kappa shape index (κ3) is 3.92. The van der Waals surface area contributed by atoms with Gasteiger partial charge in [-0.15, -0.1) is 11.3 Å². The monoisotopic (exact) mass is 309 g/mol. The molecule has 0 radical (unpaired) electrons. The number of rotatable bonds is 7. The maximum atomic E-state index is 12.7. The van der Waals surface area contributed by atoms with Crippen molar-refractivity contribution in [1.82, 2.24) is 4.90 Å². The summed E-state index contributed by atoms with van der Waals surface area (Å²) >= 11 is 1.33. The highest BCUT2D eigenvalue weighted by molar-refractivity contribution is 7.12. The van der Waals surface area contributed by atoms with Crippen LogP contribution in [-0.4, -0.2) is 46.2 Å². The fourth-order valence-corrected chi connectivity index (χ4v) is 3.15. The molecule has 0 aromatic carbocycles. The van der Waals surface area contributed by atoms with E-state index in [0.717, 1.165) is 25.3 Å². The van der Waals surface area contributed by atoms with E-state index in [4.69, 9.17) is 10.2 Å². The molecule has 114 valence electrons. The quantitative estimate of drug-likeness (QED) is 0.757. The second kappa shape index (κ2) is 7.38. The molecule has 1 fully saturated rings. The van der Waals surface area contributed by atoms with E-state index in [1.165, 1.54) is 17.4 Å². The minimum Gasteiger partial charge on any atom is -0.478 e. The number of hydrogen-bond acceptors (Lipinski definition) is 4. The Balaban J connectivity index is 2.16. The zero-order valence-electron chi connectivity index (χ0n) is 11.7. The van der Waals surface area contributed by atoms with Crippen LogP contribution in [0.15, 0.2) is 17.5 Å². The van der Waals surface area contributed by atoms with Crippen LogP contribution in [0.5, 0.6) is 0 Å². The van der Waals surface area contributed by atoms with Crippen molar-refractivity contribution in [3.63, 3.8) is 0 Å². The van der Waals surface area contributed by atoms with Crippen LogP contribution in [0.4, 0.5) is 0 Å². The van der Waals surface area contributed by atoms with Gasteiger partial charge >= 0.3 is 5.97 Å². The molecule has 1 aliphatic rings. The Morgan fingerprint density at radius 3 is 2.76 bits per heavy atom. The number of carboxylic acid groups (broad SMARTS) is 1. The van der Waals surface area contributed by atoms with Crippen LogP contribution < -0.4 is 0 Å². The molecular formula is C15H19NO4S. The molecule has 2 N–H and O–H groups in total. The standard InChI is InChI=1S/C15H19NO4S/c17-9-2-8-16(12-3-1-4-12)15(20)14-11(7-10-21-14)5-6-13(18)19/h5-7,10,12,17H,1-4,8-9H2,(H,18,19)/b6-5+. The summed E-state index contributed by atoms with van der Waals surface area (Å²) in [7, 11) is 0. The minimum absolute atomic E-state index is 0.0619. The molecule has 1 aromatic heterocycles. The van der Waals surface area contributed by atoms with Gasteiger partial charge in [0.25, 0.3) is 5.91 Å². The first kappa shape index (κ1) is 15.7. The van der Waals surface area contributed by atoms with E-state index in [0.29, 0.717) is 23.4 Å². The number of thiophene rings is 1. The zero-order valence-corrected chi connectivity index (χ0v) is 12.5. The summed E-state index contributed by atoms with van der Waals surface area (Å²) in [5, 5.41) is 19.5. The van der Waals surface area contributed by atoms with E-state index in [2.05, 4.69) is 0 Å². The second-order valence-corrected chi connectivity index (χ2v) is 5.95. The van der Waals surface area contributed by atoms with Crippen LogP contribution in [0.2, 0.25) is 0 Å². The number of carboxylic acids is 1. The lowest BCUT2D eigenvalue weighted by atomic mass is 9.91. The van der Waals surface area contributed by atoms with Crippen molar-refractivity contribution in [2.75, 3.05) is 13.2 Å². The van der Waals surface area contributed by atoms with Crippen LogP contribution in [0.25, 0.3) is 6.08 Å². The molecule has 6 heteroatoms. The molecule has 0 bridgehead atoms. The number of aliphatic hydroxyl groups excluding tert-OH is 1. The largest absolute Gasteiger partial charge is 0.478 e. The molecule has 0 aliphatic heterocycles. The SMILES string of the molecule is O=C(O)/C=C/c1ccsc1C(=O)N(CCCO)C1CCC1. The minimum atomic E-state index is -1.03. The van der Waals surface area contributed by atoms with Gasteiger partial charge in [-0.25, -0.2) is 4.79 Å². The Morgan fingerprint density at radius 2 is 2.19 bits per heavy atom. The summed E-state index contributed by atoms with van der Waals surface area (Å²) in [5.74, 6) is -1.09. The van der Waals surface area contributed by atoms with Crippen molar-refractivity contribution in [1.29, 1.82) is 0 Å². The molecule has 5 nitrogen and oxygen atoms in total. The van der Waals surface area contributed by atoms with E-state index in [-0.39, 0.29) is 18.6 Å². The fourth-order valence-electron chi connectivity index (χ4n) is 2.31. The lowest BCUT2D eigenvalue weighted by Crippen LogP contribution is -2.44. The topological polar surface area (TPSA) is 77.8 Å². The predicted molar refractivity (Wildman–Crippen MR) is 81.4 cm³/mol. The molecule has 1 saturated carbocycles. The van der Waals surface area contributed by atoms with E-state index in [1.54, 1.807) is 11.4 Å². The summed E-state index contributed by atoms with van der Waals surface area (Å²) in [6.45, 7) is 0.604. The third-order valence-corrected chi connectivity index (χ3v) is 4.55. The number of carbonyl (C=O) groups excluding carboxylic acids is 1. The normalized spacial score (nSPS) is 15.1. The van der Waals surface area contributed by atoms with Gasteiger partial charge in [0.2, 0.25) is 0 Å². The van der Waals surface area contributed by atoms with Gasteiger partial charge in [-0.1, -0.05) is 0 Å². The van der Waals surface area contributed by atoms with E-state index in [9.17, 15) is 9.59 Å². The van der Waals surface area contributed by atoms with Crippen LogP contribution in [-0.2, 0) is 4.79 Å². The van der Waals surface area contributed by atoms with Crippen molar-refractivity contribution in [2.24, 2.45) is 0 Å². The van der Waals surface area contributed by atoms with Crippen molar-refractivity contribution in [3.8, 4) is 0 Å². The highest BCUT2D eigenvalue weighted by Gasteiger charge is 2.30. The van der Waals surface area contributed by atoms with E-state index >= 15 is 0 Å². The van der Waals surface area contributed by atoms with Gasteiger partial charge in [-0.2, -0.15) is 0 Å². The second-order valence-electron chi connectivity index (χ2n) is 5.04. The summed E-state index contributed by atoms with van der Waals surface area (Å²) in [6, 6.07) is 2.00. The summed E-state index contributed by atoms with van der Waals surface area (Å²) in [6.07, 6.45) is 6.20. The maximum Gasteiger partial charge on any atom is 0.328 e. The van der Waals surface area contributed by atoms with Crippen molar-refractivity contribution in [2.45, 2.75) is 31.7 Å². The van der Waals surface area contributed by atoms with Gasteiger partial charge < -0.3 is 15.1 Å². The van der Waals surface area contributed by atoms with Crippen molar-refractivity contribution >= 4 is 29.3 Å². The average Bonchev–Trinajstić information content (AvgIpc) is 2.86. The highest BCUT2D eigenvalue weighted by Crippen LogP contribution is 2.29. The lowest BCUT2D eigenvalue weighted by Gasteiger charge is -2.37. The highest BCUT2D eigenvalue weighted by atomic mass is 32.1. The molecule has 1 heterocycles. The van der Waals surface area contributed by atoms with E-state index in [1.807, 2.05) is 4.90 Å². The number of hydrogen-bond donors (Lipinski definition) is 2. The molecule has 1 amide bonds. The van der Waals surface area contributed by atoms with Gasteiger partial charge in [0.1, 0.15) is 0 Å². The molecule has 0 saturated heterocycles. The van der Waals surface area contributed by atoms with Crippen molar-refractivity contribution in [3.05, 3.63) is 28.0 Å². The van der Waals surface area contributed by atoms with Crippen LogP contribution >= 0.6 is 11.3 Å². The smallest absolute Gasteiger partial charge is 0.328 e. The Kier molecular flexibility index (Phi) is 5.52. The first-order valence-electron chi connectivity index (χ1n) is 7.04. The third-order valence-electron chi connectivity index (χ3n) is 3.63. The zero-order chi connectivity index (χ0) is 15.2. The molecule has 0 atom stereocenters. The fraction of sp³-hybridized carbons (Fsp3) is 0.467. The number of aliphatic carboxylic acids is 1. The average molecular weight is 309 g/mol. The maximum absolute atomic E-state index is 12.7. The van der Waals surface area contributed by atoms with Gasteiger partial charge in [0.15, 0.2) is 0 Å². The van der Waals surface area contributed by atoms with Gasteiger partial charge in [-0.05, 0) is 48.8 Å². The number of nitrogens with zero attached hydrogens (tertiary/aromatic N) is 1. The Labute approximate surface area is 127 Å². The van der Waals surface area contributed by atoms with E-state index < -0.39 is 5.97 Å². The molecule has 0 unspecified atom stereocenters. The van der Waals surface area contributed by atoms with Gasteiger partial charge in [0.05, 0.1) is 4.88 Å². The molecule has 0 spiro atoms. The Morgan fingerprint density at radius 1 is 1.43 bits per heavy atom. The lowest BCUT2D eigenvalue weighted by molar-refractivity contribution is -0.131. The number of carbonyl (C=O) groups is 2. The molecular weight excluding hydrogens is 290 g/mol. The van der Waals surface area contributed by atoms with Crippen molar-refractivity contribution < 1.29 is 19.8 Å². The number of aliphatic hydroxyl groups is 1. The first-order chi connectivity index (χ1) is 10.1. The summed E-state index contributed by atoms with van der Waals surface area (Å²) < 4.78 is 0. The summed E-state index contributed by atoms with van der Waals surface area (Å²) in [5.41, 5.74) is 0.640.